The molecule has 0 aromatic carbocycles. The molecule has 2 heterocycles. The summed E-state index contributed by atoms with van der Waals surface area (Å²) in [5.74, 6) is 0.841. The molecule has 0 radical (unpaired) electrons. The van der Waals surface area contributed by atoms with E-state index in [9.17, 15) is 0 Å². The van der Waals surface area contributed by atoms with Gasteiger partial charge in [-0.05, 0) is 40.2 Å². The van der Waals surface area contributed by atoms with E-state index in [4.69, 9.17) is 0 Å². The summed E-state index contributed by atoms with van der Waals surface area (Å²) >= 11 is 1.77. The second-order valence-electron chi connectivity index (χ2n) is 5.93. The number of aryl methyl sites for hydroxylation is 5. The zero-order chi connectivity index (χ0) is 17.5. The standard InChI is InChI=1S/C17H28N6S/c1-12-11-13(2)23(22-12)10-6-8-19-17(18-5)20-9-7-16-21-14(3)15(4)24-16/h11H,6-10H2,1-5H3,(H2,18,19,20). The van der Waals surface area contributed by atoms with E-state index in [1.54, 1.807) is 18.4 Å². The average Bonchev–Trinajstić information content (AvgIpc) is 3.03. The molecule has 7 heteroatoms. The number of aliphatic imine (C=N–C) groups is 1. The van der Waals surface area contributed by atoms with Gasteiger partial charge in [0.2, 0.25) is 0 Å². The lowest BCUT2D eigenvalue weighted by Gasteiger charge is -2.11. The molecule has 2 rings (SSSR count). The van der Waals surface area contributed by atoms with E-state index in [2.05, 4.69) is 57.2 Å². The first-order valence-electron chi connectivity index (χ1n) is 8.38. The lowest BCUT2D eigenvalue weighted by molar-refractivity contribution is 0.555. The van der Waals surface area contributed by atoms with Gasteiger partial charge in [-0.3, -0.25) is 9.67 Å². The van der Waals surface area contributed by atoms with E-state index < -0.39 is 0 Å². The van der Waals surface area contributed by atoms with Gasteiger partial charge in [0.1, 0.15) is 0 Å². The van der Waals surface area contributed by atoms with Crippen LogP contribution in [0.2, 0.25) is 0 Å². The number of hydrogen-bond donors (Lipinski definition) is 2. The highest BCUT2D eigenvalue weighted by Crippen LogP contribution is 2.16. The van der Waals surface area contributed by atoms with Gasteiger partial charge in [0, 0.05) is 43.7 Å². The second-order valence-corrected chi connectivity index (χ2v) is 7.22. The summed E-state index contributed by atoms with van der Waals surface area (Å²) in [6, 6.07) is 2.11. The highest BCUT2D eigenvalue weighted by Gasteiger charge is 2.04. The van der Waals surface area contributed by atoms with Gasteiger partial charge < -0.3 is 10.6 Å². The van der Waals surface area contributed by atoms with E-state index in [0.29, 0.717) is 0 Å². The fourth-order valence-corrected chi connectivity index (χ4v) is 3.42. The Labute approximate surface area is 148 Å². The highest BCUT2D eigenvalue weighted by molar-refractivity contribution is 7.11. The van der Waals surface area contributed by atoms with Gasteiger partial charge >= 0.3 is 0 Å². The van der Waals surface area contributed by atoms with Gasteiger partial charge in [0.25, 0.3) is 0 Å². The lowest BCUT2D eigenvalue weighted by atomic mass is 10.4. The number of guanidine groups is 1. The topological polar surface area (TPSA) is 67.1 Å². The summed E-state index contributed by atoms with van der Waals surface area (Å²) in [4.78, 5) is 10.1. The van der Waals surface area contributed by atoms with Crippen LogP contribution in [-0.4, -0.2) is 40.9 Å². The van der Waals surface area contributed by atoms with Crippen LogP contribution in [0.1, 0.15) is 33.4 Å². The molecular weight excluding hydrogens is 320 g/mol. The Bertz CT molecular complexity index is 666. The van der Waals surface area contributed by atoms with Crippen molar-refractivity contribution in [2.24, 2.45) is 4.99 Å². The summed E-state index contributed by atoms with van der Waals surface area (Å²) in [5, 5.41) is 12.3. The van der Waals surface area contributed by atoms with E-state index in [-0.39, 0.29) is 0 Å². The Hall–Kier alpha value is -1.89. The average molecular weight is 349 g/mol. The fourth-order valence-electron chi connectivity index (χ4n) is 2.49. The molecule has 0 aliphatic carbocycles. The largest absolute Gasteiger partial charge is 0.356 e. The third kappa shape index (κ3) is 5.33. The van der Waals surface area contributed by atoms with Gasteiger partial charge in [-0.15, -0.1) is 11.3 Å². The van der Waals surface area contributed by atoms with Crippen LogP contribution in [0.4, 0.5) is 0 Å². The summed E-state index contributed by atoms with van der Waals surface area (Å²) in [5.41, 5.74) is 3.43. The van der Waals surface area contributed by atoms with Crippen LogP contribution in [0, 0.1) is 27.7 Å². The number of aromatic nitrogens is 3. The molecule has 0 unspecified atom stereocenters. The van der Waals surface area contributed by atoms with Crippen molar-refractivity contribution >= 4 is 17.3 Å². The molecule has 0 spiro atoms. The minimum Gasteiger partial charge on any atom is -0.356 e. The SMILES string of the molecule is CN=C(NCCCn1nc(C)cc1C)NCCc1nc(C)c(C)s1. The molecule has 0 fully saturated rings. The molecular formula is C17H28N6S. The van der Waals surface area contributed by atoms with Crippen LogP contribution in [0.25, 0.3) is 0 Å². The zero-order valence-corrected chi connectivity index (χ0v) is 16.1. The summed E-state index contributed by atoms with van der Waals surface area (Å²) < 4.78 is 2.06. The van der Waals surface area contributed by atoms with Crippen LogP contribution in [0.5, 0.6) is 0 Å². The first kappa shape index (κ1) is 18.4. The number of nitrogens with zero attached hydrogens (tertiary/aromatic N) is 4. The Morgan fingerprint density at radius 3 is 2.54 bits per heavy atom. The molecule has 2 N–H and O–H groups in total. The summed E-state index contributed by atoms with van der Waals surface area (Å²) in [6.45, 7) is 10.9. The number of hydrogen-bond acceptors (Lipinski definition) is 4. The molecule has 0 amide bonds. The van der Waals surface area contributed by atoms with Gasteiger partial charge in [-0.25, -0.2) is 4.98 Å². The van der Waals surface area contributed by atoms with Gasteiger partial charge in [-0.1, -0.05) is 0 Å². The van der Waals surface area contributed by atoms with Crippen LogP contribution < -0.4 is 10.6 Å². The Kier molecular flexibility index (Phi) is 6.78. The van der Waals surface area contributed by atoms with Gasteiger partial charge in [0.05, 0.1) is 16.4 Å². The Morgan fingerprint density at radius 2 is 1.96 bits per heavy atom. The molecule has 0 aliphatic rings. The first-order valence-corrected chi connectivity index (χ1v) is 9.19. The van der Waals surface area contributed by atoms with E-state index in [1.807, 2.05) is 6.92 Å². The summed E-state index contributed by atoms with van der Waals surface area (Å²) in [6.07, 6.45) is 1.93. The third-order valence-electron chi connectivity index (χ3n) is 3.87. The Balaban J connectivity index is 1.66. The quantitative estimate of drug-likeness (QED) is 0.458. The smallest absolute Gasteiger partial charge is 0.190 e. The monoisotopic (exact) mass is 348 g/mol. The van der Waals surface area contributed by atoms with Crippen LogP contribution >= 0.6 is 11.3 Å². The molecule has 0 atom stereocenters. The van der Waals surface area contributed by atoms with Crippen molar-refractivity contribution in [1.29, 1.82) is 0 Å². The number of thiazole rings is 1. The van der Waals surface area contributed by atoms with Crippen molar-refractivity contribution in [3.8, 4) is 0 Å². The molecule has 0 aliphatic heterocycles. The van der Waals surface area contributed by atoms with Crippen molar-refractivity contribution in [2.75, 3.05) is 20.1 Å². The Morgan fingerprint density at radius 1 is 1.21 bits per heavy atom. The van der Waals surface area contributed by atoms with Crippen LogP contribution in [0.15, 0.2) is 11.1 Å². The predicted octanol–water partition coefficient (Wildman–Crippen LogP) is 2.37. The van der Waals surface area contributed by atoms with Crippen molar-refractivity contribution in [3.05, 3.63) is 33.0 Å². The summed E-state index contributed by atoms with van der Waals surface area (Å²) in [7, 11) is 1.80. The second kappa shape index (κ2) is 8.82. The van der Waals surface area contributed by atoms with Crippen LogP contribution in [0.3, 0.4) is 0 Å². The van der Waals surface area contributed by atoms with E-state index in [0.717, 1.165) is 49.8 Å². The molecule has 132 valence electrons. The molecule has 24 heavy (non-hydrogen) atoms. The van der Waals surface area contributed by atoms with Gasteiger partial charge in [0.15, 0.2) is 5.96 Å². The maximum atomic E-state index is 4.56. The number of rotatable bonds is 7. The third-order valence-corrected chi connectivity index (χ3v) is 5.00. The minimum atomic E-state index is 0.837. The van der Waals surface area contributed by atoms with Gasteiger partial charge in [-0.2, -0.15) is 5.10 Å². The molecule has 0 bridgehead atoms. The van der Waals surface area contributed by atoms with E-state index >= 15 is 0 Å². The van der Waals surface area contributed by atoms with Crippen molar-refractivity contribution in [3.63, 3.8) is 0 Å². The van der Waals surface area contributed by atoms with Crippen LogP contribution in [-0.2, 0) is 13.0 Å². The fraction of sp³-hybridized carbons (Fsp3) is 0.588. The maximum Gasteiger partial charge on any atom is 0.190 e. The molecule has 6 nitrogen and oxygen atoms in total. The van der Waals surface area contributed by atoms with Crippen molar-refractivity contribution in [2.45, 2.75) is 47.1 Å². The predicted molar refractivity (Wildman–Crippen MR) is 101 cm³/mol. The molecule has 0 saturated heterocycles. The molecule has 2 aromatic rings. The molecule has 2 aromatic heterocycles. The first-order chi connectivity index (χ1) is 11.5. The molecule has 0 saturated carbocycles. The number of nitrogens with one attached hydrogen (secondary N) is 2. The normalized spacial score (nSPS) is 11.8. The minimum absolute atomic E-state index is 0.837. The van der Waals surface area contributed by atoms with Crippen molar-refractivity contribution < 1.29 is 0 Å². The van der Waals surface area contributed by atoms with E-state index in [1.165, 1.54) is 15.6 Å². The maximum absolute atomic E-state index is 4.56. The van der Waals surface area contributed by atoms with Crippen molar-refractivity contribution in [1.82, 2.24) is 25.4 Å². The zero-order valence-electron chi connectivity index (χ0n) is 15.3. The highest BCUT2D eigenvalue weighted by atomic mass is 32.1. The lowest BCUT2D eigenvalue weighted by Crippen LogP contribution is -2.39.